The maximum absolute atomic E-state index is 5.92. The Morgan fingerprint density at radius 3 is 2.21 bits per heavy atom. The minimum atomic E-state index is -0.129. The van der Waals surface area contributed by atoms with Crippen LogP contribution in [0.3, 0.4) is 0 Å². The number of ether oxygens (including phenoxy) is 1. The first-order chi connectivity index (χ1) is 8.55. The maximum Gasteiger partial charge on any atom is 0.120 e. The van der Waals surface area contributed by atoms with Gasteiger partial charge in [-0.15, -0.1) is 0 Å². The fraction of sp³-hybridized carbons (Fsp3) is 0.667. The second kappa shape index (κ2) is 5.98. The number of benzene rings is 1. The van der Waals surface area contributed by atoms with Gasteiger partial charge in [0.2, 0.25) is 0 Å². The Bertz CT molecular complexity index is 393. The summed E-state index contributed by atoms with van der Waals surface area (Å²) < 4.78 is 5.92. The zero-order chi connectivity index (χ0) is 14.7. The highest BCUT2D eigenvalue weighted by atomic mass is 16.5. The molecule has 19 heavy (non-hydrogen) atoms. The van der Waals surface area contributed by atoms with Crippen LogP contribution in [0.4, 0.5) is 0 Å². The van der Waals surface area contributed by atoms with Crippen molar-refractivity contribution in [3.8, 4) is 5.75 Å². The highest BCUT2D eigenvalue weighted by Gasteiger charge is 2.16. The zero-order valence-electron chi connectivity index (χ0n) is 13.7. The summed E-state index contributed by atoms with van der Waals surface area (Å²) in [4.78, 5) is 0. The van der Waals surface area contributed by atoms with E-state index in [1.54, 1.807) is 0 Å². The lowest BCUT2D eigenvalue weighted by Crippen LogP contribution is -2.23. The van der Waals surface area contributed by atoms with Crippen LogP contribution in [0.25, 0.3) is 0 Å². The Morgan fingerprint density at radius 2 is 1.68 bits per heavy atom. The lowest BCUT2D eigenvalue weighted by atomic mass is 9.83. The molecule has 108 valence electrons. The molecule has 0 amide bonds. The van der Waals surface area contributed by atoms with E-state index in [2.05, 4.69) is 66.7 Å². The van der Waals surface area contributed by atoms with Gasteiger partial charge in [0.1, 0.15) is 11.4 Å². The summed E-state index contributed by atoms with van der Waals surface area (Å²) in [5, 5.41) is 0. The second-order valence-electron chi connectivity index (χ2n) is 7.94. The smallest absolute Gasteiger partial charge is 0.120 e. The minimum Gasteiger partial charge on any atom is -0.488 e. The van der Waals surface area contributed by atoms with Gasteiger partial charge in [-0.3, -0.25) is 0 Å². The summed E-state index contributed by atoms with van der Waals surface area (Å²) in [5.41, 5.74) is 1.65. The Balaban J connectivity index is 2.67. The first-order valence-electron chi connectivity index (χ1n) is 7.33. The average Bonchev–Trinajstić information content (AvgIpc) is 2.11. The van der Waals surface area contributed by atoms with Gasteiger partial charge in [0.25, 0.3) is 0 Å². The van der Waals surface area contributed by atoms with E-state index in [9.17, 15) is 0 Å². The third kappa shape index (κ3) is 7.25. The van der Waals surface area contributed by atoms with Crippen molar-refractivity contribution in [2.24, 2.45) is 11.3 Å². The first kappa shape index (κ1) is 16.1. The van der Waals surface area contributed by atoms with Crippen molar-refractivity contribution in [1.29, 1.82) is 0 Å². The van der Waals surface area contributed by atoms with E-state index in [0.29, 0.717) is 11.3 Å². The molecule has 0 radical (unpaired) electrons. The molecular weight excluding hydrogens is 232 g/mol. The molecule has 0 heterocycles. The highest BCUT2D eigenvalue weighted by Crippen LogP contribution is 2.27. The van der Waals surface area contributed by atoms with Crippen LogP contribution in [0.2, 0.25) is 0 Å². The van der Waals surface area contributed by atoms with Crippen LogP contribution in [0.15, 0.2) is 24.3 Å². The number of hydrogen-bond donors (Lipinski definition) is 0. The highest BCUT2D eigenvalue weighted by molar-refractivity contribution is 5.29. The summed E-state index contributed by atoms with van der Waals surface area (Å²) in [5.74, 6) is 1.68. The van der Waals surface area contributed by atoms with Crippen LogP contribution in [0, 0.1) is 11.3 Å². The predicted molar refractivity (Wildman–Crippen MR) is 83.8 cm³/mol. The van der Waals surface area contributed by atoms with Crippen molar-refractivity contribution in [2.45, 2.75) is 66.9 Å². The molecular formula is C18H30O. The zero-order valence-corrected chi connectivity index (χ0v) is 13.7. The van der Waals surface area contributed by atoms with Gasteiger partial charge in [0.15, 0.2) is 0 Å². The molecule has 0 N–H and O–H groups in total. The fourth-order valence-corrected chi connectivity index (χ4v) is 2.61. The Hall–Kier alpha value is -0.980. The van der Waals surface area contributed by atoms with Gasteiger partial charge in [-0.2, -0.15) is 0 Å². The van der Waals surface area contributed by atoms with Crippen LogP contribution in [-0.2, 0) is 6.42 Å². The Labute approximate surface area is 119 Å². The van der Waals surface area contributed by atoms with E-state index >= 15 is 0 Å². The van der Waals surface area contributed by atoms with Gasteiger partial charge < -0.3 is 4.74 Å². The topological polar surface area (TPSA) is 9.23 Å². The normalized spacial score (nSPS) is 14.3. The molecule has 1 nitrogen and oxygen atoms in total. The third-order valence-electron chi connectivity index (χ3n) is 2.87. The van der Waals surface area contributed by atoms with Crippen LogP contribution in [0.5, 0.6) is 5.75 Å². The van der Waals surface area contributed by atoms with E-state index in [0.717, 1.165) is 12.2 Å². The van der Waals surface area contributed by atoms with Gasteiger partial charge in [-0.05, 0) is 62.6 Å². The van der Waals surface area contributed by atoms with Gasteiger partial charge in [0.05, 0.1) is 0 Å². The summed E-state index contributed by atoms with van der Waals surface area (Å²) in [6, 6.07) is 8.53. The molecule has 0 aromatic heterocycles. The summed E-state index contributed by atoms with van der Waals surface area (Å²) >= 11 is 0. The predicted octanol–water partition coefficient (Wildman–Crippen LogP) is 5.48. The van der Waals surface area contributed by atoms with Gasteiger partial charge in [-0.1, -0.05) is 39.8 Å². The van der Waals surface area contributed by atoms with E-state index < -0.39 is 0 Å². The van der Waals surface area contributed by atoms with Gasteiger partial charge >= 0.3 is 0 Å². The standard InChI is InChI=1S/C18H30O/c1-14(13-17(2,3)4)11-15-9-8-10-16(12-15)19-18(5,6)7/h8-10,12,14H,11,13H2,1-7H3. The maximum atomic E-state index is 5.92. The fourth-order valence-electron chi connectivity index (χ4n) is 2.61. The molecule has 0 aliphatic heterocycles. The Morgan fingerprint density at radius 1 is 1.05 bits per heavy atom. The van der Waals surface area contributed by atoms with Crippen molar-refractivity contribution < 1.29 is 4.74 Å². The molecule has 1 heteroatoms. The average molecular weight is 262 g/mol. The van der Waals surface area contributed by atoms with Crippen LogP contribution < -0.4 is 4.74 Å². The molecule has 0 bridgehead atoms. The van der Waals surface area contributed by atoms with Crippen molar-refractivity contribution in [3.63, 3.8) is 0 Å². The van der Waals surface area contributed by atoms with Crippen molar-refractivity contribution in [2.75, 3.05) is 0 Å². The molecule has 0 spiro atoms. The van der Waals surface area contributed by atoms with Gasteiger partial charge in [0, 0.05) is 0 Å². The minimum absolute atomic E-state index is 0.129. The molecule has 1 aromatic carbocycles. The van der Waals surface area contributed by atoms with Crippen LogP contribution in [-0.4, -0.2) is 5.60 Å². The van der Waals surface area contributed by atoms with Crippen molar-refractivity contribution >= 4 is 0 Å². The van der Waals surface area contributed by atoms with E-state index in [1.807, 2.05) is 6.07 Å². The molecule has 0 saturated carbocycles. The van der Waals surface area contributed by atoms with E-state index in [-0.39, 0.29) is 5.60 Å². The lowest BCUT2D eigenvalue weighted by molar-refractivity contribution is 0.131. The molecule has 1 unspecified atom stereocenters. The quantitative estimate of drug-likeness (QED) is 0.698. The SMILES string of the molecule is CC(Cc1cccc(OC(C)(C)C)c1)CC(C)(C)C. The number of hydrogen-bond acceptors (Lipinski definition) is 1. The first-order valence-corrected chi connectivity index (χ1v) is 7.33. The largest absolute Gasteiger partial charge is 0.488 e. The Kier molecular flexibility index (Phi) is 5.06. The van der Waals surface area contributed by atoms with Crippen LogP contribution >= 0.6 is 0 Å². The lowest BCUT2D eigenvalue weighted by Gasteiger charge is -2.24. The second-order valence-corrected chi connectivity index (χ2v) is 7.94. The van der Waals surface area contributed by atoms with E-state index in [4.69, 9.17) is 4.74 Å². The number of rotatable bonds is 4. The molecule has 1 atom stereocenters. The molecule has 0 saturated heterocycles. The summed E-state index contributed by atoms with van der Waals surface area (Å²) in [6.45, 7) is 15.5. The van der Waals surface area contributed by atoms with Crippen molar-refractivity contribution in [1.82, 2.24) is 0 Å². The van der Waals surface area contributed by atoms with E-state index in [1.165, 1.54) is 12.0 Å². The van der Waals surface area contributed by atoms with Crippen molar-refractivity contribution in [3.05, 3.63) is 29.8 Å². The molecule has 0 fully saturated rings. The molecule has 1 aromatic rings. The summed E-state index contributed by atoms with van der Waals surface area (Å²) in [6.07, 6.45) is 2.37. The molecule has 0 aliphatic rings. The summed E-state index contributed by atoms with van der Waals surface area (Å²) in [7, 11) is 0. The monoisotopic (exact) mass is 262 g/mol. The molecule has 0 aliphatic carbocycles. The third-order valence-corrected chi connectivity index (χ3v) is 2.87. The van der Waals surface area contributed by atoms with Crippen LogP contribution in [0.1, 0.15) is 60.5 Å². The molecule has 1 rings (SSSR count). The van der Waals surface area contributed by atoms with Gasteiger partial charge in [-0.25, -0.2) is 0 Å².